The number of hydrogen-bond donors (Lipinski definition) is 1. The van der Waals surface area contributed by atoms with Crippen molar-refractivity contribution in [2.24, 2.45) is 0 Å². The summed E-state index contributed by atoms with van der Waals surface area (Å²) in [5.41, 5.74) is 1.57. The van der Waals surface area contributed by atoms with Gasteiger partial charge in [0.1, 0.15) is 11.5 Å². The molecule has 1 N–H and O–H groups in total. The number of carbonyl (C=O) groups is 2. The van der Waals surface area contributed by atoms with Crippen LogP contribution in [0.2, 0.25) is 0 Å². The molecule has 1 saturated heterocycles. The Balaban J connectivity index is 1.69. The Kier molecular flexibility index (Phi) is 4.92. The normalized spacial score (nSPS) is 14.3. The lowest BCUT2D eigenvalue weighted by molar-refractivity contribution is -0.130. The molecule has 1 fully saturated rings. The van der Waals surface area contributed by atoms with E-state index in [0.717, 1.165) is 0 Å². The number of anilines is 2. The van der Waals surface area contributed by atoms with Crippen molar-refractivity contribution >= 4 is 23.2 Å². The molecule has 7 heteroatoms. The lowest BCUT2D eigenvalue weighted by Crippen LogP contribution is -2.50. The molecule has 0 radical (unpaired) electrons. The third-order valence-corrected chi connectivity index (χ3v) is 4.10. The summed E-state index contributed by atoms with van der Waals surface area (Å²) in [6, 6.07) is 9.46. The van der Waals surface area contributed by atoms with E-state index in [-0.39, 0.29) is 17.6 Å². The molecular weight excluding hydrogens is 323 g/mol. The Bertz CT molecular complexity index is 788. The van der Waals surface area contributed by atoms with Gasteiger partial charge in [0.2, 0.25) is 5.91 Å². The topological polar surface area (TPSA) is 65.5 Å². The maximum Gasteiger partial charge on any atom is 0.272 e. The van der Waals surface area contributed by atoms with E-state index in [4.69, 9.17) is 0 Å². The van der Waals surface area contributed by atoms with Crippen LogP contribution >= 0.6 is 0 Å². The average molecular weight is 342 g/mol. The Morgan fingerprint density at radius 2 is 1.72 bits per heavy atom. The quantitative estimate of drug-likeness (QED) is 0.929. The van der Waals surface area contributed by atoms with Crippen LogP contribution in [0.1, 0.15) is 17.4 Å². The van der Waals surface area contributed by atoms with Gasteiger partial charge in [0.15, 0.2) is 0 Å². The molecule has 25 heavy (non-hydrogen) atoms. The number of nitrogens with zero attached hydrogens (tertiary/aromatic N) is 3. The zero-order chi connectivity index (χ0) is 17.8. The minimum atomic E-state index is -0.335. The molecule has 3 rings (SSSR count). The first-order chi connectivity index (χ1) is 12.0. The maximum absolute atomic E-state index is 13.3. The number of amides is 2. The van der Waals surface area contributed by atoms with Gasteiger partial charge in [-0.1, -0.05) is 6.07 Å². The van der Waals surface area contributed by atoms with E-state index in [1.807, 2.05) is 0 Å². The molecule has 0 aliphatic carbocycles. The number of rotatable bonds is 3. The highest BCUT2D eigenvalue weighted by Crippen LogP contribution is 2.18. The molecule has 130 valence electrons. The number of aromatic nitrogens is 1. The van der Waals surface area contributed by atoms with E-state index in [1.54, 1.807) is 40.3 Å². The maximum atomic E-state index is 13.3. The fourth-order valence-corrected chi connectivity index (χ4v) is 2.74. The highest BCUT2D eigenvalue weighted by Gasteiger charge is 2.24. The van der Waals surface area contributed by atoms with Gasteiger partial charge < -0.3 is 15.1 Å². The lowest BCUT2D eigenvalue weighted by Gasteiger charge is -2.34. The van der Waals surface area contributed by atoms with Crippen LogP contribution in [0.25, 0.3) is 0 Å². The second kappa shape index (κ2) is 7.29. The SMILES string of the molecule is CC(=O)N1CCN(C(=O)c2cc(Nc3cccc(F)c3)ccn2)CC1. The number of piperazine rings is 1. The van der Waals surface area contributed by atoms with Gasteiger partial charge in [-0.2, -0.15) is 0 Å². The number of hydrogen-bond acceptors (Lipinski definition) is 4. The number of nitrogens with one attached hydrogen (secondary N) is 1. The molecule has 0 atom stereocenters. The molecule has 2 heterocycles. The van der Waals surface area contributed by atoms with E-state index < -0.39 is 0 Å². The Labute approximate surface area is 145 Å². The third-order valence-electron chi connectivity index (χ3n) is 4.10. The largest absolute Gasteiger partial charge is 0.355 e. The molecule has 1 aromatic carbocycles. The summed E-state index contributed by atoms with van der Waals surface area (Å²) in [7, 11) is 0. The zero-order valence-electron chi connectivity index (χ0n) is 13.9. The van der Waals surface area contributed by atoms with Crippen molar-refractivity contribution in [3.8, 4) is 0 Å². The van der Waals surface area contributed by atoms with Crippen LogP contribution in [0.4, 0.5) is 15.8 Å². The number of halogens is 1. The van der Waals surface area contributed by atoms with Crippen LogP contribution in [-0.4, -0.2) is 52.8 Å². The molecule has 1 aromatic heterocycles. The van der Waals surface area contributed by atoms with Gasteiger partial charge in [0.25, 0.3) is 5.91 Å². The summed E-state index contributed by atoms with van der Waals surface area (Å²) in [5, 5.41) is 3.06. The van der Waals surface area contributed by atoms with Crippen LogP contribution in [-0.2, 0) is 4.79 Å². The molecule has 0 saturated carbocycles. The second-order valence-electron chi connectivity index (χ2n) is 5.86. The molecule has 0 bridgehead atoms. The number of pyridine rings is 1. The average Bonchev–Trinajstić information content (AvgIpc) is 2.61. The van der Waals surface area contributed by atoms with Crippen molar-refractivity contribution < 1.29 is 14.0 Å². The highest BCUT2D eigenvalue weighted by atomic mass is 19.1. The van der Waals surface area contributed by atoms with Crippen molar-refractivity contribution in [3.05, 3.63) is 54.1 Å². The molecule has 2 amide bonds. The summed E-state index contributed by atoms with van der Waals surface area (Å²) in [6.07, 6.45) is 1.54. The summed E-state index contributed by atoms with van der Waals surface area (Å²) in [5.74, 6) is -0.490. The summed E-state index contributed by atoms with van der Waals surface area (Å²) < 4.78 is 13.3. The van der Waals surface area contributed by atoms with E-state index in [0.29, 0.717) is 43.2 Å². The molecule has 1 aliphatic rings. The molecule has 2 aromatic rings. The van der Waals surface area contributed by atoms with Gasteiger partial charge in [-0.25, -0.2) is 4.39 Å². The van der Waals surface area contributed by atoms with Crippen molar-refractivity contribution in [1.29, 1.82) is 0 Å². The fraction of sp³-hybridized carbons (Fsp3) is 0.278. The predicted molar refractivity (Wildman–Crippen MR) is 92.1 cm³/mol. The van der Waals surface area contributed by atoms with Gasteiger partial charge in [0.05, 0.1) is 0 Å². The van der Waals surface area contributed by atoms with Gasteiger partial charge in [0, 0.05) is 50.7 Å². The van der Waals surface area contributed by atoms with Crippen molar-refractivity contribution in [1.82, 2.24) is 14.8 Å². The van der Waals surface area contributed by atoms with Crippen LogP contribution in [0.15, 0.2) is 42.6 Å². The summed E-state index contributed by atoms with van der Waals surface area (Å²) in [6.45, 7) is 3.56. The predicted octanol–water partition coefficient (Wildman–Crippen LogP) is 2.27. The van der Waals surface area contributed by atoms with E-state index in [2.05, 4.69) is 10.3 Å². The van der Waals surface area contributed by atoms with Crippen LogP contribution in [0, 0.1) is 5.82 Å². The van der Waals surface area contributed by atoms with Crippen LogP contribution in [0.5, 0.6) is 0 Å². The van der Waals surface area contributed by atoms with Crippen molar-refractivity contribution in [3.63, 3.8) is 0 Å². The monoisotopic (exact) mass is 342 g/mol. The van der Waals surface area contributed by atoms with Gasteiger partial charge in [-0.15, -0.1) is 0 Å². The standard InChI is InChI=1S/C18H19FN4O2/c1-13(24)22-7-9-23(10-8-22)18(25)17-12-16(5-6-20-17)21-15-4-2-3-14(19)11-15/h2-6,11-12H,7-10H2,1H3,(H,20,21). The Morgan fingerprint density at radius 1 is 1.04 bits per heavy atom. The smallest absolute Gasteiger partial charge is 0.272 e. The van der Waals surface area contributed by atoms with Crippen molar-refractivity contribution in [2.75, 3.05) is 31.5 Å². The van der Waals surface area contributed by atoms with Gasteiger partial charge >= 0.3 is 0 Å². The second-order valence-corrected chi connectivity index (χ2v) is 5.86. The van der Waals surface area contributed by atoms with Gasteiger partial charge in [-0.05, 0) is 30.3 Å². The van der Waals surface area contributed by atoms with E-state index in [1.165, 1.54) is 19.1 Å². The Hall–Kier alpha value is -2.96. The van der Waals surface area contributed by atoms with E-state index in [9.17, 15) is 14.0 Å². The molecule has 0 unspecified atom stereocenters. The highest BCUT2D eigenvalue weighted by molar-refractivity contribution is 5.93. The first-order valence-corrected chi connectivity index (χ1v) is 8.06. The number of benzene rings is 1. The lowest BCUT2D eigenvalue weighted by atomic mass is 10.2. The first-order valence-electron chi connectivity index (χ1n) is 8.06. The molecular formula is C18H19FN4O2. The Morgan fingerprint density at radius 3 is 2.40 bits per heavy atom. The van der Waals surface area contributed by atoms with Gasteiger partial charge in [-0.3, -0.25) is 14.6 Å². The van der Waals surface area contributed by atoms with E-state index >= 15 is 0 Å². The van der Waals surface area contributed by atoms with Crippen molar-refractivity contribution in [2.45, 2.75) is 6.92 Å². The summed E-state index contributed by atoms with van der Waals surface area (Å²) in [4.78, 5) is 31.5. The van der Waals surface area contributed by atoms with Crippen LogP contribution in [0.3, 0.4) is 0 Å². The summed E-state index contributed by atoms with van der Waals surface area (Å²) >= 11 is 0. The first kappa shape index (κ1) is 16.9. The molecule has 1 aliphatic heterocycles. The molecule has 0 spiro atoms. The third kappa shape index (κ3) is 4.12. The zero-order valence-corrected chi connectivity index (χ0v) is 13.9. The van der Waals surface area contributed by atoms with Crippen LogP contribution < -0.4 is 5.32 Å². The minimum absolute atomic E-state index is 0.0199. The fourth-order valence-electron chi connectivity index (χ4n) is 2.74. The number of carbonyl (C=O) groups excluding carboxylic acids is 2. The minimum Gasteiger partial charge on any atom is -0.355 e. The molecule has 6 nitrogen and oxygen atoms in total.